The van der Waals surface area contributed by atoms with Crippen LogP contribution >= 0.6 is 0 Å². The molecule has 4 nitrogen and oxygen atoms in total. The van der Waals surface area contributed by atoms with E-state index in [1.165, 1.54) is 0 Å². The van der Waals surface area contributed by atoms with Crippen LogP contribution < -0.4 is 5.32 Å². The summed E-state index contributed by atoms with van der Waals surface area (Å²) in [6.45, 7) is 3.41. The summed E-state index contributed by atoms with van der Waals surface area (Å²) in [6, 6.07) is 0.0153. The van der Waals surface area contributed by atoms with E-state index in [-0.39, 0.29) is 18.1 Å². The van der Waals surface area contributed by atoms with Gasteiger partial charge < -0.3 is 15.3 Å². The van der Waals surface area contributed by atoms with Crippen molar-refractivity contribution in [3.8, 4) is 0 Å². The minimum Gasteiger partial charge on any atom is -0.393 e. The number of hydrogen-bond acceptors (Lipinski definition) is 3. The summed E-state index contributed by atoms with van der Waals surface area (Å²) in [4.78, 5) is 13.5. The van der Waals surface area contributed by atoms with Crippen LogP contribution in [0.15, 0.2) is 0 Å². The summed E-state index contributed by atoms with van der Waals surface area (Å²) in [5.74, 6) is 0.207. The number of carbonyl (C=O) groups is 1. The SMILES string of the molecule is CNC1CCN(CCCC(C)O)C1=O. The quantitative estimate of drug-likeness (QED) is 0.655. The molecule has 0 aliphatic carbocycles. The van der Waals surface area contributed by atoms with Gasteiger partial charge in [-0.25, -0.2) is 0 Å². The second kappa shape index (κ2) is 5.32. The lowest BCUT2D eigenvalue weighted by Crippen LogP contribution is -2.36. The number of likely N-dealkylation sites (tertiary alicyclic amines) is 1. The molecule has 0 spiro atoms. The number of hydrogen-bond donors (Lipinski definition) is 2. The fraction of sp³-hybridized carbons (Fsp3) is 0.900. The van der Waals surface area contributed by atoms with E-state index in [1.54, 1.807) is 6.92 Å². The lowest BCUT2D eigenvalue weighted by Gasteiger charge is -2.16. The van der Waals surface area contributed by atoms with Crippen LogP contribution in [0.3, 0.4) is 0 Å². The van der Waals surface area contributed by atoms with Crippen LogP contribution in [-0.4, -0.2) is 48.2 Å². The van der Waals surface area contributed by atoms with Gasteiger partial charge in [0.2, 0.25) is 5.91 Å². The van der Waals surface area contributed by atoms with Crippen LogP contribution in [-0.2, 0) is 4.79 Å². The van der Waals surface area contributed by atoms with Gasteiger partial charge in [-0.15, -0.1) is 0 Å². The van der Waals surface area contributed by atoms with Crippen LogP contribution in [0.1, 0.15) is 26.2 Å². The molecule has 1 saturated heterocycles. The molecule has 1 aliphatic heterocycles. The Bertz CT molecular complexity index is 195. The minimum absolute atomic E-state index is 0.0153. The molecule has 0 aromatic heterocycles. The number of likely N-dealkylation sites (N-methyl/N-ethyl adjacent to an activating group) is 1. The van der Waals surface area contributed by atoms with Gasteiger partial charge in [-0.3, -0.25) is 4.79 Å². The molecular formula is C10H20N2O2. The lowest BCUT2D eigenvalue weighted by molar-refractivity contribution is -0.129. The third kappa shape index (κ3) is 2.96. The second-order valence-corrected chi connectivity index (χ2v) is 3.95. The van der Waals surface area contributed by atoms with Gasteiger partial charge in [-0.2, -0.15) is 0 Å². The van der Waals surface area contributed by atoms with Crippen molar-refractivity contribution >= 4 is 5.91 Å². The highest BCUT2D eigenvalue weighted by Crippen LogP contribution is 2.11. The van der Waals surface area contributed by atoms with Gasteiger partial charge in [-0.05, 0) is 33.2 Å². The third-order valence-electron chi connectivity index (χ3n) is 2.70. The van der Waals surface area contributed by atoms with Gasteiger partial charge in [-0.1, -0.05) is 0 Å². The fourth-order valence-electron chi connectivity index (χ4n) is 1.81. The Balaban J connectivity index is 2.23. The van der Waals surface area contributed by atoms with Crippen molar-refractivity contribution in [1.29, 1.82) is 0 Å². The Kier molecular flexibility index (Phi) is 4.35. The van der Waals surface area contributed by atoms with E-state index < -0.39 is 0 Å². The summed E-state index contributed by atoms with van der Waals surface area (Å²) in [7, 11) is 1.82. The van der Waals surface area contributed by atoms with Gasteiger partial charge in [0.25, 0.3) is 0 Å². The largest absolute Gasteiger partial charge is 0.393 e. The first-order chi connectivity index (χ1) is 6.65. The average Bonchev–Trinajstić information content (AvgIpc) is 2.47. The normalized spacial score (nSPS) is 24.4. The summed E-state index contributed by atoms with van der Waals surface area (Å²) in [5.41, 5.74) is 0. The molecular weight excluding hydrogens is 180 g/mol. The predicted molar refractivity (Wildman–Crippen MR) is 55.0 cm³/mol. The standard InChI is InChI=1S/C10H20N2O2/c1-8(13)4-3-6-12-7-5-9(11-2)10(12)14/h8-9,11,13H,3-7H2,1-2H3. The molecule has 0 saturated carbocycles. The predicted octanol–water partition coefficient (Wildman–Crippen LogP) is -0.0323. The second-order valence-electron chi connectivity index (χ2n) is 3.95. The first-order valence-corrected chi connectivity index (χ1v) is 5.29. The molecule has 0 radical (unpaired) electrons. The van der Waals surface area contributed by atoms with Crippen LogP contribution in [0.5, 0.6) is 0 Å². The van der Waals surface area contributed by atoms with E-state index in [0.717, 1.165) is 32.4 Å². The molecule has 2 N–H and O–H groups in total. The number of carbonyl (C=O) groups excluding carboxylic acids is 1. The Morgan fingerprint density at radius 2 is 2.43 bits per heavy atom. The summed E-state index contributed by atoms with van der Waals surface area (Å²) >= 11 is 0. The van der Waals surface area contributed by atoms with E-state index in [1.807, 2.05) is 11.9 Å². The summed E-state index contributed by atoms with van der Waals surface area (Å²) < 4.78 is 0. The Hall–Kier alpha value is -0.610. The van der Waals surface area contributed by atoms with Gasteiger partial charge in [0.15, 0.2) is 0 Å². The molecule has 1 rings (SSSR count). The molecule has 1 amide bonds. The molecule has 2 atom stereocenters. The molecule has 82 valence electrons. The summed E-state index contributed by atoms with van der Waals surface area (Å²) in [5, 5.41) is 12.1. The average molecular weight is 200 g/mol. The number of nitrogens with one attached hydrogen (secondary N) is 1. The van der Waals surface area contributed by atoms with E-state index >= 15 is 0 Å². The molecule has 0 bridgehead atoms. The van der Waals surface area contributed by atoms with E-state index in [9.17, 15) is 4.79 Å². The molecule has 14 heavy (non-hydrogen) atoms. The molecule has 4 heteroatoms. The van der Waals surface area contributed by atoms with Gasteiger partial charge in [0.1, 0.15) is 0 Å². The van der Waals surface area contributed by atoms with Crippen molar-refractivity contribution in [3.63, 3.8) is 0 Å². The van der Waals surface area contributed by atoms with E-state index in [2.05, 4.69) is 5.32 Å². The Morgan fingerprint density at radius 1 is 1.71 bits per heavy atom. The molecule has 2 unspecified atom stereocenters. The van der Waals surface area contributed by atoms with Crippen LogP contribution in [0.4, 0.5) is 0 Å². The number of rotatable bonds is 5. The monoisotopic (exact) mass is 200 g/mol. The molecule has 0 aromatic carbocycles. The maximum atomic E-state index is 11.6. The number of aliphatic hydroxyl groups is 1. The Morgan fingerprint density at radius 3 is 2.93 bits per heavy atom. The zero-order chi connectivity index (χ0) is 10.6. The maximum absolute atomic E-state index is 11.6. The minimum atomic E-state index is -0.257. The van der Waals surface area contributed by atoms with Crippen molar-refractivity contribution in [3.05, 3.63) is 0 Å². The van der Waals surface area contributed by atoms with Gasteiger partial charge >= 0.3 is 0 Å². The highest BCUT2D eigenvalue weighted by molar-refractivity contribution is 5.83. The zero-order valence-electron chi connectivity index (χ0n) is 8.99. The number of nitrogens with zero attached hydrogens (tertiary/aromatic N) is 1. The van der Waals surface area contributed by atoms with Crippen LogP contribution in [0.25, 0.3) is 0 Å². The van der Waals surface area contributed by atoms with Gasteiger partial charge in [0, 0.05) is 13.1 Å². The highest BCUT2D eigenvalue weighted by atomic mass is 16.3. The molecule has 0 aromatic rings. The van der Waals surface area contributed by atoms with Crippen molar-refractivity contribution in [1.82, 2.24) is 10.2 Å². The van der Waals surface area contributed by atoms with Crippen molar-refractivity contribution < 1.29 is 9.90 Å². The fourth-order valence-corrected chi connectivity index (χ4v) is 1.81. The smallest absolute Gasteiger partial charge is 0.239 e. The molecule has 1 heterocycles. The lowest BCUT2D eigenvalue weighted by atomic mass is 10.2. The van der Waals surface area contributed by atoms with Crippen LogP contribution in [0.2, 0.25) is 0 Å². The van der Waals surface area contributed by atoms with E-state index in [0.29, 0.717) is 0 Å². The molecule has 1 fully saturated rings. The third-order valence-corrected chi connectivity index (χ3v) is 2.70. The van der Waals surface area contributed by atoms with Crippen molar-refractivity contribution in [2.45, 2.75) is 38.3 Å². The summed E-state index contributed by atoms with van der Waals surface area (Å²) in [6.07, 6.45) is 2.31. The zero-order valence-corrected chi connectivity index (χ0v) is 8.99. The molecule has 1 aliphatic rings. The Labute approximate surface area is 85.3 Å². The van der Waals surface area contributed by atoms with Crippen LogP contribution in [0, 0.1) is 0 Å². The maximum Gasteiger partial charge on any atom is 0.239 e. The number of aliphatic hydroxyl groups excluding tert-OH is 1. The van der Waals surface area contributed by atoms with Crippen molar-refractivity contribution in [2.75, 3.05) is 20.1 Å². The highest BCUT2D eigenvalue weighted by Gasteiger charge is 2.29. The first-order valence-electron chi connectivity index (χ1n) is 5.29. The van der Waals surface area contributed by atoms with Crippen molar-refractivity contribution in [2.24, 2.45) is 0 Å². The first kappa shape index (κ1) is 11.5. The van der Waals surface area contributed by atoms with E-state index in [4.69, 9.17) is 5.11 Å². The van der Waals surface area contributed by atoms with Gasteiger partial charge in [0.05, 0.1) is 12.1 Å². The topological polar surface area (TPSA) is 52.6 Å². The number of amides is 1.